The summed E-state index contributed by atoms with van der Waals surface area (Å²) in [5, 5.41) is 54.9. The van der Waals surface area contributed by atoms with Crippen molar-refractivity contribution in [1.82, 2.24) is 26.6 Å². The van der Waals surface area contributed by atoms with E-state index in [2.05, 4.69) is 31.9 Å². The molecule has 0 fully saturated rings. The van der Waals surface area contributed by atoms with Gasteiger partial charge in [-0.1, -0.05) is 6.07 Å². The van der Waals surface area contributed by atoms with Gasteiger partial charge in [-0.3, -0.25) is 19.2 Å². The van der Waals surface area contributed by atoms with Crippen molar-refractivity contribution in [2.24, 2.45) is 0 Å². The second-order valence-electron chi connectivity index (χ2n) is 12.9. The molecule has 0 saturated heterocycles. The number of carbonyl (C=O) groups is 6. The minimum absolute atomic E-state index is 0.0628. The van der Waals surface area contributed by atoms with Gasteiger partial charge in [-0.25, -0.2) is 14.4 Å². The summed E-state index contributed by atoms with van der Waals surface area (Å²) in [6.45, 7) is 2.08. The third kappa shape index (κ3) is 12.9. The van der Waals surface area contributed by atoms with Gasteiger partial charge in [-0.05, 0) is 80.4 Å². The van der Waals surface area contributed by atoms with Gasteiger partial charge in [-0.15, -0.1) is 0 Å². The highest BCUT2D eigenvalue weighted by Crippen LogP contribution is 2.42. The number of aromatic hydroxyl groups is 1. The van der Waals surface area contributed by atoms with E-state index in [1.54, 1.807) is 31.2 Å². The number of nitrogens with one attached hydrogen (secondary N) is 6. The van der Waals surface area contributed by atoms with E-state index in [0.717, 1.165) is 0 Å². The maximum absolute atomic E-state index is 12.5. The van der Waals surface area contributed by atoms with Crippen LogP contribution in [0.3, 0.4) is 0 Å². The molecule has 2 aromatic rings. The average Bonchev–Trinajstić information content (AvgIpc) is 3.14. The number of fused-ring (bicyclic) bond motifs is 2. The number of aliphatic carboxylic acids is 2. The van der Waals surface area contributed by atoms with Gasteiger partial charge in [0.25, 0.3) is 0 Å². The lowest BCUT2D eigenvalue weighted by Crippen LogP contribution is -2.48. The smallest absolute Gasteiger partial charge is 0.336 e. The molecule has 0 unspecified atom stereocenters. The predicted octanol–water partition coefficient (Wildman–Crippen LogP) is 3.05. The van der Waals surface area contributed by atoms with E-state index in [1.807, 2.05) is 0 Å². The minimum atomic E-state index is -1.35. The Morgan fingerprint density at radius 3 is 2.16 bits per heavy atom. The summed E-state index contributed by atoms with van der Waals surface area (Å²) in [5.74, 6) is -4.21. The molecule has 2 atom stereocenters. The van der Waals surface area contributed by atoms with Gasteiger partial charge in [0.05, 0.1) is 5.56 Å². The summed E-state index contributed by atoms with van der Waals surface area (Å²) in [5.41, 5.74) is 1.62. The van der Waals surface area contributed by atoms with E-state index in [4.69, 9.17) is 21.7 Å². The van der Waals surface area contributed by atoms with Crippen LogP contribution in [0.25, 0.3) is 33.4 Å². The number of benzene rings is 3. The topological polar surface area (TPSA) is 286 Å². The normalized spacial score (nSPS) is 11.9. The minimum Gasteiger partial charge on any atom is -0.508 e. The van der Waals surface area contributed by atoms with Crippen LogP contribution in [-0.2, 0) is 19.2 Å². The Labute approximate surface area is 330 Å². The van der Waals surface area contributed by atoms with Crippen molar-refractivity contribution in [1.29, 1.82) is 0 Å². The highest BCUT2D eigenvalue weighted by atomic mass is 32.1. The summed E-state index contributed by atoms with van der Waals surface area (Å²) < 4.78 is 5.87. The predicted molar refractivity (Wildman–Crippen MR) is 211 cm³/mol. The number of amides is 4. The van der Waals surface area contributed by atoms with E-state index in [9.17, 15) is 48.9 Å². The van der Waals surface area contributed by atoms with E-state index < -0.39 is 41.9 Å². The van der Waals surface area contributed by atoms with Gasteiger partial charge >= 0.3 is 23.9 Å². The summed E-state index contributed by atoms with van der Waals surface area (Å²) in [7, 11) is 0. The Bertz CT molecular complexity index is 2190. The monoisotopic (exact) mass is 806 g/mol. The zero-order valence-electron chi connectivity index (χ0n) is 30.7. The zero-order valence-corrected chi connectivity index (χ0v) is 31.5. The Hall–Kier alpha value is -6.76. The van der Waals surface area contributed by atoms with E-state index in [-0.39, 0.29) is 84.3 Å². The van der Waals surface area contributed by atoms with Crippen molar-refractivity contribution in [2.75, 3.05) is 25.0 Å². The number of phenols is 1. The highest BCUT2D eigenvalue weighted by Gasteiger charge is 2.24. The number of anilines is 1. The zero-order chi connectivity index (χ0) is 41.6. The molecule has 18 nitrogen and oxygen atoms in total. The van der Waals surface area contributed by atoms with Crippen LogP contribution in [0.5, 0.6) is 5.75 Å². The first-order chi connectivity index (χ1) is 27.1. The third-order valence-corrected chi connectivity index (χ3v) is 8.77. The average molecular weight is 807 g/mol. The first-order valence-electron chi connectivity index (χ1n) is 17.8. The van der Waals surface area contributed by atoms with Crippen molar-refractivity contribution in [3.8, 4) is 28.2 Å². The van der Waals surface area contributed by atoms with Crippen LogP contribution in [0.4, 0.5) is 10.5 Å². The van der Waals surface area contributed by atoms with Gasteiger partial charge in [-0.2, -0.15) is 0 Å². The first-order valence-corrected chi connectivity index (χ1v) is 18.2. The van der Waals surface area contributed by atoms with Gasteiger partial charge in [0.15, 0.2) is 10.5 Å². The molecular formula is C38H42N6O12S. The fourth-order valence-electron chi connectivity index (χ4n) is 5.74. The van der Waals surface area contributed by atoms with Crippen molar-refractivity contribution >= 4 is 69.7 Å². The molecule has 0 spiro atoms. The molecule has 302 valence electrons. The Morgan fingerprint density at radius 1 is 0.772 bits per heavy atom. The standard InChI is InChI=1S/C38H42N6O12S/c1-20(4-13-33(49)50)42-37(55)44-28(36(53)54)11-12-32(48)40-16-15-39-31(47)3-2-14-41-38(57)43-21-5-8-24(27(17-21)35(51)52)34-25-9-6-22(45)18-29(25)56-30-19-23(46)7-10-26(30)34/h5-10,17-20,28,45H,2-4,11-16H2,1H3,(H,39,47)(H,40,48)(H,49,50)(H,51,52)(H,53,54)(H2,41,43,57)(H2,42,44,55)/t20-,28+/m1/s1. The van der Waals surface area contributed by atoms with Gasteiger partial charge in [0.1, 0.15) is 23.1 Å². The third-order valence-electron chi connectivity index (χ3n) is 8.52. The molecule has 0 aromatic heterocycles. The second-order valence-corrected chi connectivity index (χ2v) is 13.4. The van der Waals surface area contributed by atoms with Crippen molar-refractivity contribution in [3.63, 3.8) is 0 Å². The number of phenolic OH excluding ortho intramolecular Hbond substituents is 1. The quantitative estimate of drug-likeness (QED) is 0.0370. The van der Waals surface area contributed by atoms with Crippen LogP contribution >= 0.6 is 12.2 Å². The molecule has 0 bridgehead atoms. The molecule has 57 heavy (non-hydrogen) atoms. The first kappa shape index (κ1) is 43.0. The molecule has 1 aliphatic heterocycles. The van der Waals surface area contributed by atoms with Gasteiger partial charge in [0, 0.05) is 79.3 Å². The van der Waals surface area contributed by atoms with E-state index in [1.165, 1.54) is 30.3 Å². The van der Waals surface area contributed by atoms with Gasteiger partial charge in [0.2, 0.25) is 11.8 Å². The second kappa shape index (κ2) is 20.2. The molecule has 0 saturated carbocycles. The Balaban J connectivity index is 1.19. The van der Waals surface area contributed by atoms with Crippen LogP contribution in [0, 0.1) is 0 Å². The van der Waals surface area contributed by atoms with Crippen molar-refractivity contribution in [2.45, 2.75) is 57.5 Å². The highest BCUT2D eigenvalue weighted by molar-refractivity contribution is 7.80. The molecule has 2 aliphatic rings. The molecule has 19 heteroatoms. The summed E-state index contributed by atoms with van der Waals surface area (Å²) in [6, 6.07) is 10.6. The summed E-state index contributed by atoms with van der Waals surface area (Å²) >= 11 is 5.37. The maximum Gasteiger partial charge on any atom is 0.336 e. The van der Waals surface area contributed by atoms with Crippen molar-refractivity contribution < 1.29 is 53.6 Å². The molecule has 4 rings (SSSR count). The SMILES string of the molecule is C[C@H](CCC(=O)O)NC(=O)N[C@@H](CCC(=O)NCCNC(=O)CCCNC(=S)Nc1ccc(-c2c3ccc(=O)cc-3oc3cc(O)ccc23)c(C(=O)O)c1)C(=O)O. The molecule has 4 amide bonds. The van der Waals surface area contributed by atoms with Crippen LogP contribution in [-0.4, -0.2) is 93.0 Å². The lowest BCUT2D eigenvalue weighted by Gasteiger charge is -2.18. The van der Waals surface area contributed by atoms with Crippen molar-refractivity contribution in [3.05, 3.63) is 70.4 Å². The summed E-state index contributed by atoms with van der Waals surface area (Å²) in [6.07, 6.45) is 0.0891. The number of carboxylic acid groups (broad SMARTS) is 3. The number of hydrogen-bond donors (Lipinski definition) is 10. The molecule has 1 aliphatic carbocycles. The summed E-state index contributed by atoms with van der Waals surface area (Å²) in [4.78, 5) is 83.3. The number of thiocarbonyl (C=S) groups is 1. The van der Waals surface area contributed by atoms with E-state index in [0.29, 0.717) is 40.7 Å². The number of carbonyl (C=O) groups excluding carboxylic acids is 3. The molecule has 10 N–H and O–H groups in total. The largest absolute Gasteiger partial charge is 0.508 e. The van der Waals surface area contributed by atoms with Crippen LogP contribution in [0.15, 0.2) is 63.8 Å². The Morgan fingerprint density at radius 2 is 1.47 bits per heavy atom. The number of aromatic carboxylic acids is 1. The number of carboxylic acids is 3. The molecule has 2 aromatic carbocycles. The molecule has 0 radical (unpaired) electrons. The molecule has 1 heterocycles. The van der Waals surface area contributed by atoms with Gasteiger partial charge < -0.3 is 56.7 Å². The van der Waals surface area contributed by atoms with E-state index >= 15 is 0 Å². The fraction of sp³-hybridized carbons (Fsp3) is 0.316. The number of hydrogen-bond acceptors (Lipinski definition) is 10. The van der Waals surface area contributed by atoms with Crippen LogP contribution < -0.4 is 37.3 Å². The Kier molecular flexibility index (Phi) is 15.3. The number of rotatable bonds is 19. The number of urea groups is 1. The lowest BCUT2D eigenvalue weighted by atomic mass is 9.90. The maximum atomic E-state index is 12.5. The van der Waals surface area contributed by atoms with Crippen LogP contribution in [0.2, 0.25) is 0 Å². The van der Waals surface area contributed by atoms with Crippen LogP contribution in [0.1, 0.15) is 55.8 Å². The lowest BCUT2D eigenvalue weighted by molar-refractivity contribution is -0.139. The molecular weight excluding hydrogens is 765 g/mol. The fourth-order valence-corrected chi connectivity index (χ4v) is 5.96.